The van der Waals surface area contributed by atoms with Crippen molar-refractivity contribution in [2.24, 2.45) is 0 Å². The number of aryl methyl sites for hydroxylation is 2. The average molecular weight is 511 g/mol. The normalized spacial score (nSPS) is 14.4. The molecule has 4 amide bonds. The van der Waals surface area contributed by atoms with Crippen molar-refractivity contribution in [1.29, 1.82) is 0 Å². The Kier molecular flexibility index (Phi) is 8.06. The Bertz CT molecular complexity index is 1410. The number of hydrogen-bond donors (Lipinski definition) is 1. The maximum absolute atomic E-state index is 13.3. The van der Waals surface area contributed by atoms with Gasteiger partial charge in [0.15, 0.2) is 11.5 Å². The van der Waals surface area contributed by atoms with Gasteiger partial charge < -0.3 is 9.47 Å². The number of allylic oxidation sites excluding steroid dienone is 1. The molecule has 0 spiro atoms. The van der Waals surface area contributed by atoms with Gasteiger partial charge in [0.25, 0.3) is 11.8 Å². The number of carbonyl (C=O) groups excluding carboxylic acids is 3. The molecule has 0 aliphatic carbocycles. The van der Waals surface area contributed by atoms with Crippen LogP contribution in [0, 0.1) is 13.8 Å². The standard InChI is InChI=1S/C31H30N2O5/c1-5-7-24-16-23(18-27(37-6-2)28(24)38-19-22-12-8-20(3)9-13-22)17-26-29(34)32-31(36)33(30(26)35)25-14-10-21(4)11-15-25/h5,8-18H,1,6-7,19H2,2-4H3,(H,32,34,36)/b26-17+. The second-order valence-electron chi connectivity index (χ2n) is 9.00. The summed E-state index contributed by atoms with van der Waals surface area (Å²) in [5.74, 6) is -0.400. The Morgan fingerprint density at radius 1 is 0.921 bits per heavy atom. The second-order valence-corrected chi connectivity index (χ2v) is 9.00. The van der Waals surface area contributed by atoms with Gasteiger partial charge in [-0.2, -0.15) is 0 Å². The SMILES string of the molecule is C=CCc1cc(/C=C2\C(=O)NC(=O)N(c3ccc(C)cc3)C2=O)cc(OCC)c1OCc1ccc(C)cc1. The summed E-state index contributed by atoms with van der Waals surface area (Å²) < 4.78 is 12.1. The Hall–Kier alpha value is -4.65. The van der Waals surface area contributed by atoms with Gasteiger partial charge in [-0.05, 0) is 68.7 Å². The first-order chi connectivity index (χ1) is 18.3. The summed E-state index contributed by atoms with van der Waals surface area (Å²) in [6, 6.07) is 17.7. The number of benzene rings is 3. The van der Waals surface area contributed by atoms with E-state index in [0.29, 0.717) is 42.4 Å². The molecule has 0 aromatic heterocycles. The number of anilines is 1. The van der Waals surface area contributed by atoms with E-state index in [1.165, 1.54) is 6.08 Å². The maximum atomic E-state index is 13.3. The molecule has 4 rings (SSSR count). The Morgan fingerprint density at radius 2 is 1.58 bits per heavy atom. The number of urea groups is 1. The lowest BCUT2D eigenvalue weighted by Crippen LogP contribution is -2.54. The Morgan fingerprint density at radius 3 is 2.21 bits per heavy atom. The van der Waals surface area contributed by atoms with Crippen LogP contribution >= 0.6 is 0 Å². The van der Waals surface area contributed by atoms with Gasteiger partial charge in [0.05, 0.1) is 12.3 Å². The van der Waals surface area contributed by atoms with Gasteiger partial charge in [-0.15, -0.1) is 6.58 Å². The summed E-state index contributed by atoms with van der Waals surface area (Å²) in [4.78, 5) is 39.5. The van der Waals surface area contributed by atoms with Crippen LogP contribution in [0.4, 0.5) is 10.5 Å². The number of amides is 4. The number of nitrogens with zero attached hydrogens (tertiary/aromatic N) is 1. The number of hydrogen-bond acceptors (Lipinski definition) is 5. The predicted molar refractivity (Wildman–Crippen MR) is 147 cm³/mol. The summed E-state index contributed by atoms with van der Waals surface area (Å²) in [7, 11) is 0. The largest absolute Gasteiger partial charge is 0.490 e. The third kappa shape index (κ3) is 5.83. The lowest BCUT2D eigenvalue weighted by molar-refractivity contribution is -0.122. The molecule has 0 unspecified atom stereocenters. The van der Waals surface area contributed by atoms with Crippen molar-refractivity contribution in [1.82, 2.24) is 5.32 Å². The fourth-order valence-electron chi connectivity index (χ4n) is 4.09. The first-order valence-electron chi connectivity index (χ1n) is 12.4. The van der Waals surface area contributed by atoms with Gasteiger partial charge in [0, 0.05) is 5.56 Å². The van der Waals surface area contributed by atoms with E-state index in [9.17, 15) is 14.4 Å². The van der Waals surface area contributed by atoms with Crippen molar-refractivity contribution >= 4 is 29.6 Å². The molecule has 38 heavy (non-hydrogen) atoms. The van der Waals surface area contributed by atoms with Crippen molar-refractivity contribution in [2.45, 2.75) is 33.8 Å². The van der Waals surface area contributed by atoms with Crippen LogP contribution in [0.25, 0.3) is 6.08 Å². The van der Waals surface area contributed by atoms with Crippen LogP contribution in [0.2, 0.25) is 0 Å². The molecule has 1 heterocycles. The van der Waals surface area contributed by atoms with E-state index in [0.717, 1.165) is 27.2 Å². The van der Waals surface area contributed by atoms with E-state index in [1.807, 2.05) is 51.1 Å². The van der Waals surface area contributed by atoms with Crippen molar-refractivity contribution in [2.75, 3.05) is 11.5 Å². The minimum atomic E-state index is -0.789. The number of imide groups is 2. The highest BCUT2D eigenvalue weighted by atomic mass is 16.5. The van der Waals surface area contributed by atoms with Gasteiger partial charge in [-0.1, -0.05) is 53.6 Å². The van der Waals surface area contributed by atoms with Gasteiger partial charge in [-0.3, -0.25) is 14.9 Å². The van der Waals surface area contributed by atoms with E-state index in [2.05, 4.69) is 11.9 Å². The summed E-state index contributed by atoms with van der Waals surface area (Å²) in [5, 5.41) is 2.26. The molecule has 3 aromatic carbocycles. The van der Waals surface area contributed by atoms with Crippen LogP contribution in [0.3, 0.4) is 0 Å². The first kappa shape index (κ1) is 26.4. The summed E-state index contributed by atoms with van der Waals surface area (Å²) in [6.07, 6.45) is 3.69. The van der Waals surface area contributed by atoms with E-state index in [-0.39, 0.29) is 5.57 Å². The van der Waals surface area contributed by atoms with Crippen molar-refractivity contribution in [3.05, 3.63) is 107 Å². The lowest BCUT2D eigenvalue weighted by atomic mass is 10.0. The molecular weight excluding hydrogens is 480 g/mol. The molecule has 1 saturated heterocycles. The smallest absolute Gasteiger partial charge is 0.335 e. The number of carbonyl (C=O) groups is 3. The third-order valence-corrected chi connectivity index (χ3v) is 6.03. The molecule has 3 aromatic rings. The van der Waals surface area contributed by atoms with Gasteiger partial charge in [0.2, 0.25) is 0 Å². The molecule has 194 valence electrons. The zero-order valence-electron chi connectivity index (χ0n) is 21.7. The van der Waals surface area contributed by atoms with Crippen molar-refractivity contribution in [3.8, 4) is 11.5 Å². The Balaban J connectivity index is 1.71. The van der Waals surface area contributed by atoms with E-state index >= 15 is 0 Å². The molecule has 1 fully saturated rings. The Labute approximate surface area is 222 Å². The molecule has 0 saturated carbocycles. The minimum absolute atomic E-state index is 0.162. The summed E-state index contributed by atoms with van der Waals surface area (Å²) in [6.45, 7) is 10.4. The number of ether oxygens (including phenoxy) is 2. The average Bonchev–Trinajstić information content (AvgIpc) is 2.88. The first-order valence-corrected chi connectivity index (χ1v) is 12.4. The van der Waals surface area contributed by atoms with E-state index < -0.39 is 17.8 Å². The zero-order chi connectivity index (χ0) is 27.2. The van der Waals surface area contributed by atoms with Gasteiger partial charge in [-0.25, -0.2) is 9.69 Å². The maximum Gasteiger partial charge on any atom is 0.335 e. The molecule has 0 bridgehead atoms. The number of barbiturate groups is 1. The highest BCUT2D eigenvalue weighted by molar-refractivity contribution is 6.39. The molecule has 1 aliphatic heterocycles. The second kappa shape index (κ2) is 11.6. The predicted octanol–water partition coefficient (Wildman–Crippen LogP) is 5.68. The highest BCUT2D eigenvalue weighted by Gasteiger charge is 2.36. The third-order valence-electron chi connectivity index (χ3n) is 6.03. The van der Waals surface area contributed by atoms with Crippen LogP contribution in [-0.2, 0) is 22.6 Å². The molecule has 1 N–H and O–H groups in total. The number of rotatable bonds is 9. The molecule has 1 aliphatic rings. The van der Waals surface area contributed by atoms with Crippen LogP contribution < -0.4 is 19.7 Å². The van der Waals surface area contributed by atoms with Gasteiger partial charge in [0.1, 0.15) is 12.2 Å². The van der Waals surface area contributed by atoms with Crippen molar-refractivity contribution < 1.29 is 23.9 Å². The molecule has 0 radical (unpaired) electrons. The quantitative estimate of drug-likeness (QED) is 0.228. The molecular formula is C31H30N2O5. The van der Waals surface area contributed by atoms with Crippen LogP contribution in [0.15, 0.2) is 78.9 Å². The fraction of sp³-hybridized carbons (Fsp3) is 0.194. The monoisotopic (exact) mass is 510 g/mol. The molecule has 7 nitrogen and oxygen atoms in total. The highest BCUT2D eigenvalue weighted by Crippen LogP contribution is 2.36. The summed E-state index contributed by atoms with van der Waals surface area (Å²) >= 11 is 0. The fourth-order valence-corrected chi connectivity index (χ4v) is 4.09. The minimum Gasteiger partial charge on any atom is -0.490 e. The van der Waals surface area contributed by atoms with Crippen LogP contribution in [0.1, 0.15) is 34.7 Å². The topological polar surface area (TPSA) is 84.9 Å². The summed E-state index contributed by atoms with van der Waals surface area (Å²) in [5.41, 5.74) is 4.72. The molecule has 0 atom stereocenters. The molecule has 7 heteroatoms. The number of nitrogens with one attached hydrogen (secondary N) is 1. The van der Waals surface area contributed by atoms with Crippen molar-refractivity contribution in [3.63, 3.8) is 0 Å². The lowest BCUT2D eigenvalue weighted by Gasteiger charge is -2.26. The van der Waals surface area contributed by atoms with E-state index in [1.54, 1.807) is 36.4 Å². The van der Waals surface area contributed by atoms with Gasteiger partial charge >= 0.3 is 6.03 Å². The van der Waals surface area contributed by atoms with E-state index in [4.69, 9.17) is 9.47 Å². The van der Waals surface area contributed by atoms with Crippen LogP contribution in [0.5, 0.6) is 11.5 Å². The van der Waals surface area contributed by atoms with Crippen LogP contribution in [-0.4, -0.2) is 24.5 Å². The zero-order valence-corrected chi connectivity index (χ0v) is 21.7.